The summed E-state index contributed by atoms with van der Waals surface area (Å²) in [5, 5.41) is 3.20. The minimum atomic E-state index is -2.88. The van der Waals surface area contributed by atoms with E-state index in [9.17, 15) is 13.6 Å². The molecule has 2 rings (SSSR count). The van der Waals surface area contributed by atoms with Crippen LogP contribution in [0.1, 0.15) is 32.4 Å². The molecule has 0 radical (unpaired) electrons. The number of rotatable bonds is 3. The number of halogens is 2. The minimum absolute atomic E-state index is 0.0761. The van der Waals surface area contributed by atoms with E-state index in [4.69, 9.17) is 4.74 Å². The predicted molar refractivity (Wildman–Crippen MR) is 81.6 cm³/mol. The second-order valence-electron chi connectivity index (χ2n) is 6.34. The molecule has 1 unspecified atom stereocenters. The fraction of sp³-hybridized carbons (Fsp3) is 0.562. The molecule has 1 amide bonds. The molecular weight excluding hydrogens is 306 g/mol. The first-order valence-corrected chi connectivity index (χ1v) is 7.51. The lowest BCUT2D eigenvalue weighted by Gasteiger charge is -2.37. The SMILES string of the molecule is CC(C)(C)OC(=O)N1CCNCC1c1cccc(OC(F)F)c1. The van der Waals surface area contributed by atoms with Gasteiger partial charge in [0.05, 0.1) is 6.04 Å². The summed E-state index contributed by atoms with van der Waals surface area (Å²) in [6.07, 6.45) is -0.413. The Morgan fingerprint density at radius 3 is 2.78 bits per heavy atom. The van der Waals surface area contributed by atoms with Crippen LogP contribution in [0.3, 0.4) is 0 Å². The number of carbonyl (C=O) groups excluding carboxylic acids is 1. The average Bonchev–Trinajstić information content (AvgIpc) is 2.45. The average molecular weight is 328 g/mol. The fourth-order valence-electron chi connectivity index (χ4n) is 2.44. The topological polar surface area (TPSA) is 50.8 Å². The van der Waals surface area contributed by atoms with Crippen molar-refractivity contribution in [3.8, 4) is 5.75 Å². The van der Waals surface area contributed by atoms with Crippen LogP contribution in [-0.4, -0.2) is 42.8 Å². The van der Waals surface area contributed by atoms with Crippen LogP contribution in [0, 0.1) is 0 Å². The van der Waals surface area contributed by atoms with E-state index >= 15 is 0 Å². The van der Waals surface area contributed by atoms with Crippen molar-refractivity contribution in [1.82, 2.24) is 10.2 Å². The van der Waals surface area contributed by atoms with E-state index in [2.05, 4.69) is 10.1 Å². The number of amides is 1. The molecule has 0 aromatic heterocycles. The smallest absolute Gasteiger partial charge is 0.410 e. The molecular formula is C16H22F2N2O3. The van der Waals surface area contributed by atoms with E-state index < -0.39 is 18.3 Å². The summed E-state index contributed by atoms with van der Waals surface area (Å²) >= 11 is 0. The number of carbonyl (C=O) groups is 1. The first kappa shape index (κ1) is 17.5. The number of hydrogen-bond acceptors (Lipinski definition) is 4. The summed E-state index contributed by atoms with van der Waals surface area (Å²) in [5.41, 5.74) is 0.133. The summed E-state index contributed by atoms with van der Waals surface area (Å²) in [6.45, 7) is 4.20. The summed E-state index contributed by atoms with van der Waals surface area (Å²) in [4.78, 5) is 14.0. The number of ether oxygens (including phenoxy) is 2. The van der Waals surface area contributed by atoms with Crippen molar-refractivity contribution in [1.29, 1.82) is 0 Å². The van der Waals surface area contributed by atoms with Crippen LogP contribution in [-0.2, 0) is 4.74 Å². The normalized spacial score (nSPS) is 18.9. The standard InChI is InChI=1S/C16H22F2N2O3/c1-16(2,3)23-15(21)20-8-7-19-10-13(20)11-5-4-6-12(9-11)22-14(17)18/h4-6,9,13-14,19H,7-8,10H2,1-3H3. The highest BCUT2D eigenvalue weighted by atomic mass is 19.3. The summed E-state index contributed by atoms with van der Waals surface area (Å²) in [7, 11) is 0. The number of hydrogen-bond donors (Lipinski definition) is 1. The zero-order valence-electron chi connectivity index (χ0n) is 13.5. The lowest BCUT2D eigenvalue weighted by molar-refractivity contribution is -0.0500. The van der Waals surface area contributed by atoms with Crippen LogP contribution >= 0.6 is 0 Å². The Morgan fingerprint density at radius 2 is 2.13 bits per heavy atom. The Hall–Kier alpha value is -1.89. The lowest BCUT2D eigenvalue weighted by atomic mass is 10.0. The number of alkyl halides is 2. The van der Waals surface area contributed by atoms with Crippen molar-refractivity contribution in [2.75, 3.05) is 19.6 Å². The van der Waals surface area contributed by atoms with Gasteiger partial charge in [-0.2, -0.15) is 8.78 Å². The Morgan fingerprint density at radius 1 is 1.39 bits per heavy atom. The molecule has 5 nitrogen and oxygen atoms in total. The second-order valence-corrected chi connectivity index (χ2v) is 6.34. The van der Waals surface area contributed by atoms with Gasteiger partial charge < -0.3 is 14.8 Å². The minimum Gasteiger partial charge on any atom is -0.444 e. The van der Waals surface area contributed by atoms with Gasteiger partial charge in [0.25, 0.3) is 0 Å². The number of benzene rings is 1. The van der Waals surface area contributed by atoms with Crippen molar-refractivity contribution in [3.63, 3.8) is 0 Å². The van der Waals surface area contributed by atoms with Gasteiger partial charge in [0.1, 0.15) is 11.4 Å². The Labute approximate surface area is 134 Å². The first-order valence-electron chi connectivity index (χ1n) is 7.51. The third-order valence-corrected chi connectivity index (χ3v) is 3.34. The maximum Gasteiger partial charge on any atom is 0.410 e. The summed E-state index contributed by atoms with van der Waals surface area (Å²) in [5.74, 6) is 0.0761. The van der Waals surface area contributed by atoms with Crippen molar-refractivity contribution in [2.45, 2.75) is 39.0 Å². The first-order chi connectivity index (χ1) is 10.8. The van der Waals surface area contributed by atoms with Gasteiger partial charge in [0.2, 0.25) is 0 Å². The molecule has 1 atom stereocenters. The van der Waals surface area contributed by atoms with Gasteiger partial charge in [-0.15, -0.1) is 0 Å². The molecule has 1 fully saturated rings. The molecule has 0 spiro atoms. The van der Waals surface area contributed by atoms with Crippen molar-refractivity contribution in [3.05, 3.63) is 29.8 Å². The summed E-state index contributed by atoms with van der Waals surface area (Å²) in [6, 6.07) is 6.12. The molecule has 0 saturated carbocycles. The van der Waals surface area contributed by atoms with Crippen molar-refractivity contribution < 1.29 is 23.0 Å². The van der Waals surface area contributed by atoms with Crippen LogP contribution in [0.2, 0.25) is 0 Å². The van der Waals surface area contributed by atoms with Gasteiger partial charge in [0.15, 0.2) is 0 Å². The number of nitrogens with one attached hydrogen (secondary N) is 1. The summed E-state index contributed by atoms with van der Waals surface area (Å²) < 4.78 is 34.6. The Balaban J connectivity index is 2.19. The molecule has 0 aliphatic carbocycles. The Bertz CT molecular complexity index is 546. The third kappa shape index (κ3) is 5.06. The van der Waals surface area contributed by atoms with Gasteiger partial charge >= 0.3 is 12.7 Å². The van der Waals surface area contributed by atoms with Crippen LogP contribution in [0.5, 0.6) is 5.75 Å². The molecule has 23 heavy (non-hydrogen) atoms. The van der Waals surface area contributed by atoms with Gasteiger partial charge in [0, 0.05) is 19.6 Å². The molecule has 1 aromatic rings. The van der Waals surface area contributed by atoms with Crippen LogP contribution in [0.25, 0.3) is 0 Å². The molecule has 1 N–H and O–H groups in total. The predicted octanol–water partition coefficient (Wildman–Crippen LogP) is 3.17. The van der Waals surface area contributed by atoms with E-state index in [0.717, 1.165) is 5.56 Å². The maximum absolute atomic E-state index is 12.4. The van der Waals surface area contributed by atoms with E-state index in [-0.39, 0.29) is 11.8 Å². The molecule has 1 heterocycles. The number of piperazine rings is 1. The molecule has 1 aliphatic rings. The molecule has 1 saturated heterocycles. The van der Waals surface area contributed by atoms with Gasteiger partial charge in [-0.05, 0) is 38.5 Å². The van der Waals surface area contributed by atoms with E-state index in [0.29, 0.717) is 19.6 Å². The monoisotopic (exact) mass is 328 g/mol. The second kappa shape index (κ2) is 7.12. The quantitative estimate of drug-likeness (QED) is 0.926. The Kier molecular flexibility index (Phi) is 5.41. The van der Waals surface area contributed by atoms with Crippen LogP contribution in [0.4, 0.5) is 13.6 Å². The molecule has 1 aliphatic heterocycles. The third-order valence-electron chi connectivity index (χ3n) is 3.34. The zero-order chi connectivity index (χ0) is 17.0. The van der Waals surface area contributed by atoms with Crippen LogP contribution < -0.4 is 10.1 Å². The van der Waals surface area contributed by atoms with Gasteiger partial charge in [-0.25, -0.2) is 4.79 Å². The maximum atomic E-state index is 12.4. The fourth-order valence-corrected chi connectivity index (χ4v) is 2.44. The molecule has 7 heteroatoms. The molecule has 128 valence electrons. The van der Waals surface area contributed by atoms with Crippen molar-refractivity contribution >= 4 is 6.09 Å². The van der Waals surface area contributed by atoms with E-state index in [1.807, 2.05) is 0 Å². The van der Waals surface area contributed by atoms with Crippen molar-refractivity contribution in [2.24, 2.45) is 0 Å². The zero-order valence-corrected chi connectivity index (χ0v) is 13.5. The molecule has 0 bridgehead atoms. The highest BCUT2D eigenvalue weighted by molar-refractivity contribution is 5.69. The van der Waals surface area contributed by atoms with E-state index in [1.165, 1.54) is 12.1 Å². The van der Waals surface area contributed by atoms with E-state index in [1.54, 1.807) is 37.8 Å². The largest absolute Gasteiger partial charge is 0.444 e. The van der Waals surface area contributed by atoms with Gasteiger partial charge in [-0.3, -0.25) is 4.90 Å². The highest BCUT2D eigenvalue weighted by Crippen LogP contribution is 2.27. The van der Waals surface area contributed by atoms with Crippen LogP contribution in [0.15, 0.2) is 24.3 Å². The lowest BCUT2D eigenvalue weighted by Crippen LogP contribution is -2.50. The van der Waals surface area contributed by atoms with Gasteiger partial charge in [-0.1, -0.05) is 12.1 Å². The highest BCUT2D eigenvalue weighted by Gasteiger charge is 2.31. The number of nitrogens with zero attached hydrogens (tertiary/aromatic N) is 1. The molecule has 1 aromatic carbocycles.